The summed E-state index contributed by atoms with van der Waals surface area (Å²) in [5, 5.41) is 7.67. The Labute approximate surface area is 158 Å². The average molecular weight is 366 g/mol. The zero-order valence-corrected chi connectivity index (χ0v) is 15.1. The monoisotopic (exact) mass is 366 g/mol. The molecule has 1 N–H and O–H groups in total. The van der Waals surface area contributed by atoms with Crippen LogP contribution < -0.4 is 4.74 Å². The van der Waals surface area contributed by atoms with Crippen molar-refractivity contribution in [3.8, 4) is 5.75 Å². The summed E-state index contributed by atoms with van der Waals surface area (Å²) in [5.41, 5.74) is 3.23. The van der Waals surface area contributed by atoms with Crippen LogP contribution in [-0.2, 0) is 13.0 Å². The Kier molecular flexibility index (Phi) is 5.44. The molecule has 1 aliphatic heterocycles. The molecule has 1 aliphatic rings. The molecule has 1 fully saturated rings. The van der Waals surface area contributed by atoms with Gasteiger partial charge in [-0.3, -0.25) is 15.0 Å². The van der Waals surface area contributed by atoms with Crippen LogP contribution in [0.15, 0.2) is 54.7 Å². The number of ether oxygens (including phenoxy) is 1. The molecule has 1 atom stereocenters. The number of hydrogen-bond donors (Lipinski definition) is 1. The predicted octanol–water partition coefficient (Wildman–Crippen LogP) is 3.90. The largest absolute Gasteiger partial charge is 0.493 e. The van der Waals surface area contributed by atoms with E-state index < -0.39 is 0 Å². The molecular weight excluding hydrogens is 343 g/mol. The first-order chi connectivity index (χ1) is 13.3. The summed E-state index contributed by atoms with van der Waals surface area (Å²) < 4.78 is 18.6. The van der Waals surface area contributed by atoms with E-state index in [0.717, 1.165) is 43.0 Å². The zero-order chi connectivity index (χ0) is 18.5. The minimum absolute atomic E-state index is 0.257. The Morgan fingerprint density at radius 2 is 2.07 bits per heavy atom. The van der Waals surface area contributed by atoms with Crippen molar-refractivity contribution < 1.29 is 9.13 Å². The molecule has 5 nitrogen and oxygen atoms in total. The smallest absolute Gasteiger partial charge is 0.123 e. The van der Waals surface area contributed by atoms with Gasteiger partial charge in [-0.25, -0.2) is 4.39 Å². The second kappa shape index (κ2) is 8.31. The normalized spacial score (nSPS) is 17.3. The fourth-order valence-corrected chi connectivity index (χ4v) is 3.54. The van der Waals surface area contributed by atoms with Crippen molar-refractivity contribution in [3.63, 3.8) is 0 Å². The Hall–Kier alpha value is -2.73. The van der Waals surface area contributed by atoms with E-state index in [-0.39, 0.29) is 5.82 Å². The lowest BCUT2D eigenvalue weighted by Crippen LogP contribution is -2.23. The van der Waals surface area contributed by atoms with Gasteiger partial charge >= 0.3 is 0 Å². The van der Waals surface area contributed by atoms with Gasteiger partial charge < -0.3 is 4.74 Å². The van der Waals surface area contributed by atoms with Gasteiger partial charge in [0, 0.05) is 24.9 Å². The molecule has 4 rings (SSSR count). The number of aromatic nitrogens is 3. The van der Waals surface area contributed by atoms with E-state index in [4.69, 9.17) is 4.74 Å². The fourth-order valence-electron chi connectivity index (χ4n) is 3.54. The summed E-state index contributed by atoms with van der Waals surface area (Å²) in [6, 6.07) is 14.6. The molecule has 2 aromatic heterocycles. The van der Waals surface area contributed by atoms with Crippen molar-refractivity contribution in [3.05, 3.63) is 77.6 Å². The highest BCUT2D eigenvalue weighted by molar-refractivity contribution is 5.22. The number of benzene rings is 1. The minimum Gasteiger partial charge on any atom is -0.493 e. The molecule has 0 bridgehead atoms. The average Bonchev–Trinajstić information content (AvgIpc) is 3.33. The summed E-state index contributed by atoms with van der Waals surface area (Å²) >= 11 is 0. The van der Waals surface area contributed by atoms with E-state index in [9.17, 15) is 4.39 Å². The van der Waals surface area contributed by atoms with Crippen LogP contribution in [0.1, 0.15) is 36.0 Å². The van der Waals surface area contributed by atoms with Crippen LogP contribution >= 0.6 is 0 Å². The molecule has 3 heterocycles. The van der Waals surface area contributed by atoms with Crippen molar-refractivity contribution in [1.29, 1.82) is 0 Å². The molecule has 27 heavy (non-hydrogen) atoms. The number of rotatable bonds is 7. The molecule has 3 aromatic rings. The van der Waals surface area contributed by atoms with E-state index in [1.807, 2.05) is 18.3 Å². The Balaban J connectivity index is 1.33. The summed E-state index contributed by atoms with van der Waals surface area (Å²) in [5.74, 6) is 0.417. The SMILES string of the molecule is Fc1ccc(OCCc2cc(C3CCCN3Cc3ccccn3)n[nH]2)cc1. The predicted molar refractivity (Wildman–Crippen MR) is 101 cm³/mol. The lowest BCUT2D eigenvalue weighted by atomic mass is 10.1. The van der Waals surface area contributed by atoms with Gasteiger partial charge in [0.25, 0.3) is 0 Å². The first kappa shape index (κ1) is 17.7. The van der Waals surface area contributed by atoms with E-state index >= 15 is 0 Å². The molecule has 140 valence electrons. The van der Waals surface area contributed by atoms with Gasteiger partial charge in [-0.1, -0.05) is 6.07 Å². The number of H-pyrrole nitrogens is 1. The number of hydrogen-bond acceptors (Lipinski definition) is 4. The molecule has 0 radical (unpaired) electrons. The highest BCUT2D eigenvalue weighted by atomic mass is 19.1. The second-order valence-corrected chi connectivity index (χ2v) is 6.82. The van der Waals surface area contributed by atoms with Gasteiger partial charge in [0.05, 0.1) is 24.0 Å². The van der Waals surface area contributed by atoms with Crippen LogP contribution in [0.4, 0.5) is 4.39 Å². The quantitative estimate of drug-likeness (QED) is 0.689. The van der Waals surface area contributed by atoms with E-state index in [1.165, 1.54) is 18.6 Å². The number of pyridine rings is 1. The molecule has 6 heteroatoms. The fraction of sp³-hybridized carbons (Fsp3) is 0.333. The van der Waals surface area contributed by atoms with E-state index in [2.05, 4.69) is 32.2 Å². The maximum Gasteiger partial charge on any atom is 0.123 e. The third-order valence-electron chi connectivity index (χ3n) is 4.90. The molecule has 1 saturated heterocycles. The van der Waals surface area contributed by atoms with Gasteiger partial charge in [0.15, 0.2) is 0 Å². The Bertz CT molecular complexity index is 850. The van der Waals surface area contributed by atoms with Gasteiger partial charge in [-0.15, -0.1) is 0 Å². The number of halogens is 1. The van der Waals surface area contributed by atoms with Crippen molar-refractivity contribution in [2.75, 3.05) is 13.2 Å². The topological polar surface area (TPSA) is 54.0 Å². The third-order valence-corrected chi connectivity index (χ3v) is 4.90. The summed E-state index contributed by atoms with van der Waals surface area (Å²) in [4.78, 5) is 6.88. The second-order valence-electron chi connectivity index (χ2n) is 6.82. The van der Waals surface area contributed by atoms with Gasteiger partial charge in [-0.2, -0.15) is 5.10 Å². The first-order valence-electron chi connectivity index (χ1n) is 9.34. The maximum absolute atomic E-state index is 12.9. The van der Waals surface area contributed by atoms with Crippen LogP contribution in [0.5, 0.6) is 5.75 Å². The number of nitrogens with zero attached hydrogens (tertiary/aromatic N) is 3. The highest BCUT2D eigenvalue weighted by Gasteiger charge is 2.28. The molecule has 0 spiro atoms. The highest BCUT2D eigenvalue weighted by Crippen LogP contribution is 2.32. The van der Waals surface area contributed by atoms with Gasteiger partial charge in [0.2, 0.25) is 0 Å². The zero-order valence-electron chi connectivity index (χ0n) is 15.1. The molecular formula is C21H23FN4O. The van der Waals surface area contributed by atoms with Crippen LogP contribution in [0.2, 0.25) is 0 Å². The van der Waals surface area contributed by atoms with Crippen molar-refractivity contribution in [2.45, 2.75) is 31.8 Å². The lowest BCUT2D eigenvalue weighted by molar-refractivity contribution is 0.241. The summed E-state index contributed by atoms with van der Waals surface area (Å²) in [6.07, 6.45) is 4.86. The molecule has 1 aromatic carbocycles. The van der Waals surface area contributed by atoms with E-state index in [0.29, 0.717) is 18.4 Å². The minimum atomic E-state index is -0.257. The standard InChI is InChI=1S/C21H23FN4O/c22-16-6-8-19(9-7-16)27-13-10-17-14-20(25-24-17)21-5-3-12-26(21)15-18-4-1-2-11-23-18/h1-2,4,6-9,11,14,21H,3,5,10,12-13,15H2,(H,24,25). The van der Waals surface area contributed by atoms with Crippen LogP contribution in [0, 0.1) is 5.82 Å². The van der Waals surface area contributed by atoms with Crippen molar-refractivity contribution >= 4 is 0 Å². The van der Waals surface area contributed by atoms with Crippen LogP contribution in [-0.4, -0.2) is 33.2 Å². The van der Waals surface area contributed by atoms with Crippen molar-refractivity contribution in [1.82, 2.24) is 20.1 Å². The third kappa shape index (κ3) is 4.52. The molecule has 1 unspecified atom stereocenters. The first-order valence-corrected chi connectivity index (χ1v) is 9.34. The number of nitrogens with one attached hydrogen (secondary N) is 1. The molecule has 0 saturated carbocycles. The summed E-state index contributed by atoms with van der Waals surface area (Å²) in [7, 11) is 0. The van der Waals surface area contributed by atoms with E-state index in [1.54, 1.807) is 12.1 Å². The molecule has 0 amide bonds. The van der Waals surface area contributed by atoms with Crippen LogP contribution in [0.3, 0.4) is 0 Å². The Morgan fingerprint density at radius 1 is 1.19 bits per heavy atom. The van der Waals surface area contributed by atoms with Crippen LogP contribution in [0.25, 0.3) is 0 Å². The Morgan fingerprint density at radius 3 is 2.89 bits per heavy atom. The molecule has 0 aliphatic carbocycles. The van der Waals surface area contributed by atoms with Crippen molar-refractivity contribution in [2.24, 2.45) is 0 Å². The number of aromatic amines is 1. The summed E-state index contributed by atoms with van der Waals surface area (Å²) in [6.45, 7) is 2.44. The number of likely N-dealkylation sites (tertiary alicyclic amines) is 1. The van der Waals surface area contributed by atoms with Gasteiger partial charge in [0.1, 0.15) is 11.6 Å². The maximum atomic E-state index is 12.9. The lowest BCUT2D eigenvalue weighted by Gasteiger charge is -2.22. The van der Waals surface area contributed by atoms with Gasteiger partial charge in [-0.05, 0) is 61.9 Å².